The molecule has 4 heteroatoms. The first-order valence-corrected chi connectivity index (χ1v) is 5.86. The van der Waals surface area contributed by atoms with Gasteiger partial charge in [-0.15, -0.1) is 0 Å². The predicted octanol–water partition coefficient (Wildman–Crippen LogP) is 0.353. The lowest BCUT2D eigenvalue weighted by atomic mass is 10.1. The Balaban J connectivity index is 1.83. The highest BCUT2D eigenvalue weighted by Crippen LogP contribution is 2.15. The third-order valence-corrected chi connectivity index (χ3v) is 3.22. The molecular formula is C11H19N3O. The lowest BCUT2D eigenvalue weighted by molar-refractivity contribution is -0.0124. The molecule has 0 spiro atoms. The van der Waals surface area contributed by atoms with E-state index in [1.165, 1.54) is 12.8 Å². The summed E-state index contributed by atoms with van der Waals surface area (Å²) < 4.78 is 5.70. The number of nitrogens with zero attached hydrogens (tertiary/aromatic N) is 2. The van der Waals surface area contributed by atoms with Gasteiger partial charge in [0.15, 0.2) is 0 Å². The molecule has 2 atom stereocenters. The van der Waals surface area contributed by atoms with Crippen LogP contribution in [0.5, 0.6) is 0 Å². The monoisotopic (exact) mass is 209 g/mol. The molecule has 2 aliphatic heterocycles. The van der Waals surface area contributed by atoms with E-state index in [9.17, 15) is 0 Å². The Labute approximate surface area is 91.2 Å². The summed E-state index contributed by atoms with van der Waals surface area (Å²) in [6.45, 7) is 4.58. The van der Waals surface area contributed by atoms with Crippen LogP contribution < -0.4 is 5.32 Å². The van der Waals surface area contributed by atoms with Crippen molar-refractivity contribution in [3.05, 3.63) is 0 Å². The van der Waals surface area contributed by atoms with Crippen LogP contribution in [0.15, 0.2) is 0 Å². The molecular weight excluding hydrogens is 190 g/mol. The minimum atomic E-state index is 0.0317. The van der Waals surface area contributed by atoms with E-state index in [0.717, 1.165) is 39.2 Å². The molecule has 84 valence electrons. The van der Waals surface area contributed by atoms with E-state index in [4.69, 9.17) is 10.00 Å². The van der Waals surface area contributed by atoms with E-state index in [0.29, 0.717) is 6.10 Å². The third-order valence-electron chi connectivity index (χ3n) is 3.22. The van der Waals surface area contributed by atoms with Crippen molar-refractivity contribution in [1.29, 1.82) is 5.26 Å². The van der Waals surface area contributed by atoms with Crippen LogP contribution in [0.25, 0.3) is 0 Å². The molecule has 0 bridgehead atoms. The van der Waals surface area contributed by atoms with Crippen molar-refractivity contribution < 1.29 is 4.74 Å². The summed E-state index contributed by atoms with van der Waals surface area (Å²) >= 11 is 0. The van der Waals surface area contributed by atoms with E-state index < -0.39 is 0 Å². The first-order valence-electron chi connectivity index (χ1n) is 5.86. The van der Waals surface area contributed by atoms with Crippen molar-refractivity contribution in [2.24, 2.45) is 0 Å². The second-order valence-corrected chi connectivity index (χ2v) is 4.33. The molecule has 2 unspecified atom stereocenters. The number of hydrogen-bond donors (Lipinski definition) is 1. The maximum absolute atomic E-state index is 9.02. The first-order chi connectivity index (χ1) is 7.40. The Bertz CT molecular complexity index is 232. The van der Waals surface area contributed by atoms with Gasteiger partial charge in [0.2, 0.25) is 0 Å². The van der Waals surface area contributed by atoms with Crippen molar-refractivity contribution in [1.82, 2.24) is 10.2 Å². The number of nitriles is 1. The van der Waals surface area contributed by atoms with Crippen LogP contribution in [0.4, 0.5) is 0 Å². The number of hydrogen-bond acceptors (Lipinski definition) is 4. The van der Waals surface area contributed by atoms with E-state index >= 15 is 0 Å². The Morgan fingerprint density at radius 1 is 1.47 bits per heavy atom. The Kier molecular flexibility index (Phi) is 3.95. The molecule has 0 amide bonds. The Hall–Kier alpha value is -0.630. The maximum Gasteiger partial charge on any atom is 0.110 e. The van der Waals surface area contributed by atoms with Gasteiger partial charge < -0.3 is 10.1 Å². The standard InChI is InChI=1S/C11H19N3O/c12-7-10-8-13-4-5-14(10)9-11-3-1-2-6-15-11/h10-11,13H,1-6,8-9H2. The third kappa shape index (κ3) is 2.91. The molecule has 0 aromatic heterocycles. The largest absolute Gasteiger partial charge is 0.377 e. The molecule has 1 N–H and O–H groups in total. The van der Waals surface area contributed by atoms with Gasteiger partial charge in [-0.1, -0.05) is 0 Å². The quantitative estimate of drug-likeness (QED) is 0.713. The fraction of sp³-hybridized carbons (Fsp3) is 0.909. The Morgan fingerprint density at radius 2 is 2.40 bits per heavy atom. The maximum atomic E-state index is 9.02. The zero-order valence-electron chi connectivity index (χ0n) is 9.11. The van der Waals surface area contributed by atoms with Crippen LogP contribution in [0.3, 0.4) is 0 Å². The van der Waals surface area contributed by atoms with Crippen LogP contribution in [-0.2, 0) is 4.74 Å². The van der Waals surface area contributed by atoms with Crippen molar-refractivity contribution in [2.45, 2.75) is 31.4 Å². The summed E-state index contributed by atoms with van der Waals surface area (Å²) in [7, 11) is 0. The van der Waals surface area contributed by atoms with Crippen LogP contribution in [-0.4, -0.2) is 49.8 Å². The number of rotatable bonds is 2. The lowest BCUT2D eigenvalue weighted by Crippen LogP contribution is -2.53. The number of ether oxygens (including phenoxy) is 1. The van der Waals surface area contributed by atoms with E-state index in [1.807, 2.05) is 0 Å². The fourth-order valence-corrected chi connectivity index (χ4v) is 2.31. The molecule has 0 saturated carbocycles. The molecule has 2 rings (SSSR count). The molecule has 0 radical (unpaired) electrons. The molecule has 0 aromatic carbocycles. The predicted molar refractivity (Wildman–Crippen MR) is 57.4 cm³/mol. The van der Waals surface area contributed by atoms with E-state index in [1.54, 1.807) is 0 Å². The molecule has 2 fully saturated rings. The van der Waals surface area contributed by atoms with Gasteiger partial charge in [-0.25, -0.2) is 0 Å². The number of nitrogens with one attached hydrogen (secondary N) is 1. The molecule has 2 heterocycles. The van der Waals surface area contributed by atoms with Crippen LogP contribution in [0.1, 0.15) is 19.3 Å². The smallest absolute Gasteiger partial charge is 0.110 e. The average molecular weight is 209 g/mol. The average Bonchev–Trinajstić information content (AvgIpc) is 2.31. The van der Waals surface area contributed by atoms with E-state index in [2.05, 4.69) is 16.3 Å². The summed E-state index contributed by atoms with van der Waals surface area (Å²) in [6.07, 6.45) is 3.98. The van der Waals surface area contributed by atoms with Crippen molar-refractivity contribution in [3.8, 4) is 6.07 Å². The first kappa shape index (κ1) is 10.9. The van der Waals surface area contributed by atoms with Crippen molar-refractivity contribution in [2.75, 3.05) is 32.8 Å². The minimum Gasteiger partial charge on any atom is -0.377 e. The lowest BCUT2D eigenvalue weighted by Gasteiger charge is -2.35. The molecule has 0 aliphatic carbocycles. The van der Waals surface area contributed by atoms with Crippen molar-refractivity contribution >= 4 is 0 Å². The van der Waals surface area contributed by atoms with Gasteiger partial charge in [-0.3, -0.25) is 4.90 Å². The van der Waals surface area contributed by atoms with Gasteiger partial charge in [0, 0.05) is 32.8 Å². The zero-order valence-corrected chi connectivity index (χ0v) is 9.11. The highest BCUT2D eigenvalue weighted by molar-refractivity contribution is 4.96. The van der Waals surface area contributed by atoms with Gasteiger partial charge in [0.1, 0.15) is 6.04 Å². The molecule has 2 aliphatic rings. The normalized spacial score (nSPS) is 33.5. The van der Waals surface area contributed by atoms with Gasteiger partial charge >= 0.3 is 0 Å². The van der Waals surface area contributed by atoms with Gasteiger partial charge in [-0.2, -0.15) is 5.26 Å². The second-order valence-electron chi connectivity index (χ2n) is 4.33. The number of piperazine rings is 1. The SMILES string of the molecule is N#CC1CNCCN1CC1CCCCO1. The van der Waals surface area contributed by atoms with Gasteiger partial charge in [-0.05, 0) is 19.3 Å². The topological polar surface area (TPSA) is 48.3 Å². The summed E-state index contributed by atoms with van der Waals surface area (Å²) in [5.74, 6) is 0. The fourth-order valence-electron chi connectivity index (χ4n) is 2.31. The minimum absolute atomic E-state index is 0.0317. The highest BCUT2D eigenvalue weighted by Gasteiger charge is 2.25. The molecule has 2 saturated heterocycles. The highest BCUT2D eigenvalue weighted by atomic mass is 16.5. The molecule has 4 nitrogen and oxygen atoms in total. The summed E-state index contributed by atoms with van der Waals surface area (Å²) in [5, 5.41) is 12.3. The molecule has 0 aromatic rings. The zero-order chi connectivity index (χ0) is 10.5. The molecule has 15 heavy (non-hydrogen) atoms. The summed E-state index contributed by atoms with van der Waals surface area (Å²) in [6, 6.07) is 2.38. The second kappa shape index (κ2) is 5.45. The van der Waals surface area contributed by atoms with Crippen LogP contribution in [0, 0.1) is 11.3 Å². The van der Waals surface area contributed by atoms with Crippen LogP contribution in [0.2, 0.25) is 0 Å². The summed E-state index contributed by atoms with van der Waals surface area (Å²) in [4.78, 5) is 2.26. The van der Waals surface area contributed by atoms with Crippen molar-refractivity contribution in [3.63, 3.8) is 0 Å². The Morgan fingerprint density at radius 3 is 3.13 bits per heavy atom. The van der Waals surface area contributed by atoms with Gasteiger partial charge in [0.05, 0.1) is 12.2 Å². The van der Waals surface area contributed by atoms with Crippen LogP contribution >= 0.6 is 0 Å². The van der Waals surface area contributed by atoms with E-state index in [-0.39, 0.29) is 6.04 Å². The summed E-state index contributed by atoms with van der Waals surface area (Å²) in [5.41, 5.74) is 0. The van der Waals surface area contributed by atoms with Gasteiger partial charge in [0.25, 0.3) is 0 Å².